The average Bonchev–Trinajstić information content (AvgIpc) is 3.00. The molecule has 0 saturated carbocycles. The van der Waals surface area contributed by atoms with Gasteiger partial charge in [0, 0.05) is 15.7 Å². The summed E-state index contributed by atoms with van der Waals surface area (Å²) in [5.74, 6) is 1.28. The monoisotopic (exact) mass is 358 g/mol. The average molecular weight is 359 g/mol. The molecule has 0 bridgehead atoms. The van der Waals surface area contributed by atoms with Crippen molar-refractivity contribution in [1.29, 1.82) is 0 Å². The van der Waals surface area contributed by atoms with Gasteiger partial charge in [0.05, 0.1) is 11.9 Å². The highest BCUT2D eigenvalue weighted by molar-refractivity contribution is 9.10. The van der Waals surface area contributed by atoms with Gasteiger partial charge in [0.2, 0.25) is 0 Å². The molecule has 6 nitrogen and oxygen atoms in total. The Hall–Kier alpha value is -2.28. The molecule has 112 valence electrons. The van der Waals surface area contributed by atoms with Crippen LogP contribution in [0.5, 0.6) is 0 Å². The second kappa shape index (κ2) is 5.84. The fraction of sp³-hybridized carbons (Fsp3) is 0.200. The lowest BCUT2D eigenvalue weighted by Gasteiger charge is -2.04. The van der Waals surface area contributed by atoms with Gasteiger partial charge >= 0.3 is 0 Å². The van der Waals surface area contributed by atoms with E-state index in [1.165, 1.54) is 0 Å². The molecule has 3 rings (SSSR count). The highest BCUT2D eigenvalue weighted by Gasteiger charge is 2.13. The highest BCUT2D eigenvalue weighted by Crippen LogP contribution is 2.15. The summed E-state index contributed by atoms with van der Waals surface area (Å²) >= 11 is 3.51. The lowest BCUT2D eigenvalue weighted by atomic mass is 10.2. The van der Waals surface area contributed by atoms with Crippen LogP contribution in [0.15, 0.2) is 39.9 Å². The van der Waals surface area contributed by atoms with Gasteiger partial charge < -0.3 is 0 Å². The van der Waals surface area contributed by atoms with Crippen molar-refractivity contribution in [2.24, 2.45) is 5.10 Å². The van der Waals surface area contributed by atoms with Crippen LogP contribution in [0.4, 0.5) is 0 Å². The summed E-state index contributed by atoms with van der Waals surface area (Å²) in [6.45, 7) is 5.78. The van der Waals surface area contributed by atoms with Crippen LogP contribution in [0, 0.1) is 20.8 Å². The number of hydrogen-bond acceptors (Lipinski definition) is 4. The van der Waals surface area contributed by atoms with Crippen LogP contribution < -0.4 is 0 Å². The van der Waals surface area contributed by atoms with Gasteiger partial charge in [-0.3, -0.25) is 0 Å². The van der Waals surface area contributed by atoms with E-state index >= 15 is 0 Å². The third-order valence-electron chi connectivity index (χ3n) is 3.20. The van der Waals surface area contributed by atoms with Crippen LogP contribution in [-0.2, 0) is 0 Å². The topological polar surface area (TPSA) is 60.9 Å². The predicted molar refractivity (Wildman–Crippen MR) is 88.5 cm³/mol. The minimum Gasteiger partial charge on any atom is -0.202 e. The SMILES string of the molecule is Cc1cc(C)n(-c2nnc(C)n2/N=C/c2ccccc2Br)n1. The first-order valence-corrected chi connectivity index (χ1v) is 7.60. The molecule has 0 unspecified atom stereocenters. The van der Waals surface area contributed by atoms with Crippen LogP contribution in [0.3, 0.4) is 0 Å². The Labute approximate surface area is 136 Å². The molecule has 0 fully saturated rings. The Morgan fingerprint density at radius 2 is 1.91 bits per heavy atom. The maximum atomic E-state index is 4.50. The number of rotatable bonds is 3. The van der Waals surface area contributed by atoms with Crippen molar-refractivity contribution in [3.8, 4) is 5.95 Å². The van der Waals surface area contributed by atoms with Crippen molar-refractivity contribution >= 4 is 22.1 Å². The van der Waals surface area contributed by atoms with Crippen molar-refractivity contribution < 1.29 is 0 Å². The molecule has 0 spiro atoms. The molecular formula is C15H15BrN6. The maximum Gasteiger partial charge on any atom is 0.273 e. The Balaban J connectivity index is 2.04. The number of halogens is 1. The van der Waals surface area contributed by atoms with Gasteiger partial charge in [-0.15, -0.1) is 10.2 Å². The van der Waals surface area contributed by atoms with Gasteiger partial charge in [0.15, 0.2) is 5.82 Å². The Kier molecular flexibility index (Phi) is 3.89. The zero-order valence-corrected chi connectivity index (χ0v) is 14.1. The van der Waals surface area contributed by atoms with E-state index in [4.69, 9.17) is 0 Å². The Bertz CT molecular complexity index is 846. The molecule has 0 N–H and O–H groups in total. The summed E-state index contributed by atoms with van der Waals surface area (Å²) in [5.41, 5.74) is 2.90. The van der Waals surface area contributed by atoms with Gasteiger partial charge in [-0.1, -0.05) is 34.1 Å². The first kappa shape index (κ1) is 14.6. The second-order valence-electron chi connectivity index (χ2n) is 4.96. The molecule has 7 heteroatoms. The summed E-state index contributed by atoms with van der Waals surface area (Å²) in [4.78, 5) is 0. The van der Waals surface area contributed by atoms with Crippen molar-refractivity contribution in [1.82, 2.24) is 24.7 Å². The molecule has 3 aromatic rings. The van der Waals surface area contributed by atoms with Crippen molar-refractivity contribution in [2.75, 3.05) is 0 Å². The molecule has 0 aliphatic heterocycles. The number of hydrogen-bond donors (Lipinski definition) is 0. The molecule has 0 radical (unpaired) electrons. The molecule has 0 aliphatic rings. The quantitative estimate of drug-likeness (QED) is 0.676. The normalized spacial score (nSPS) is 11.5. The lowest BCUT2D eigenvalue weighted by Crippen LogP contribution is -2.08. The third-order valence-corrected chi connectivity index (χ3v) is 3.92. The molecular weight excluding hydrogens is 344 g/mol. The van der Waals surface area contributed by atoms with E-state index in [9.17, 15) is 0 Å². The second-order valence-corrected chi connectivity index (χ2v) is 5.82. The highest BCUT2D eigenvalue weighted by atomic mass is 79.9. The number of nitrogens with zero attached hydrogens (tertiary/aromatic N) is 6. The van der Waals surface area contributed by atoms with Crippen molar-refractivity contribution in [2.45, 2.75) is 20.8 Å². The van der Waals surface area contributed by atoms with Gasteiger partial charge in [0.25, 0.3) is 5.95 Å². The number of aromatic nitrogens is 5. The minimum absolute atomic E-state index is 0.575. The van der Waals surface area contributed by atoms with Crippen molar-refractivity contribution in [3.05, 3.63) is 57.6 Å². The Morgan fingerprint density at radius 1 is 1.14 bits per heavy atom. The molecule has 0 aliphatic carbocycles. The summed E-state index contributed by atoms with van der Waals surface area (Å²) in [5, 5.41) is 17.2. The van der Waals surface area contributed by atoms with Crippen LogP contribution in [0.25, 0.3) is 5.95 Å². The van der Waals surface area contributed by atoms with Gasteiger partial charge in [-0.2, -0.15) is 14.9 Å². The molecule has 0 amide bonds. The smallest absolute Gasteiger partial charge is 0.202 e. The zero-order valence-electron chi connectivity index (χ0n) is 12.5. The molecule has 2 heterocycles. The molecule has 0 saturated heterocycles. The third kappa shape index (κ3) is 2.71. The van der Waals surface area contributed by atoms with E-state index in [0.717, 1.165) is 21.4 Å². The van der Waals surface area contributed by atoms with E-state index < -0.39 is 0 Å². The van der Waals surface area contributed by atoms with Crippen LogP contribution >= 0.6 is 15.9 Å². The summed E-state index contributed by atoms with van der Waals surface area (Å²) in [6.07, 6.45) is 1.77. The molecule has 0 atom stereocenters. The van der Waals surface area contributed by atoms with Gasteiger partial charge in [-0.25, -0.2) is 4.68 Å². The largest absolute Gasteiger partial charge is 0.273 e. The van der Waals surface area contributed by atoms with Crippen LogP contribution in [0.2, 0.25) is 0 Å². The first-order valence-electron chi connectivity index (χ1n) is 6.81. The minimum atomic E-state index is 0.575. The lowest BCUT2D eigenvalue weighted by molar-refractivity contribution is 0.708. The fourth-order valence-electron chi connectivity index (χ4n) is 2.14. The summed E-state index contributed by atoms with van der Waals surface area (Å²) in [7, 11) is 0. The van der Waals surface area contributed by atoms with Gasteiger partial charge in [0.1, 0.15) is 0 Å². The van der Waals surface area contributed by atoms with Crippen LogP contribution in [0.1, 0.15) is 22.8 Å². The number of aryl methyl sites for hydroxylation is 3. The summed E-state index contributed by atoms with van der Waals surface area (Å²) in [6, 6.07) is 9.88. The summed E-state index contributed by atoms with van der Waals surface area (Å²) < 4.78 is 4.41. The predicted octanol–water partition coefficient (Wildman–Crippen LogP) is 3.03. The van der Waals surface area contributed by atoms with E-state index in [2.05, 4.69) is 36.3 Å². The van der Waals surface area contributed by atoms with Gasteiger partial charge in [-0.05, 0) is 32.9 Å². The fourth-order valence-corrected chi connectivity index (χ4v) is 2.53. The molecule has 22 heavy (non-hydrogen) atoms. The van der Waals surface area contributed by atoms with Crippen molar-refractivity contribution in [3.63, 3.8) is 0 Å². The Morgan fingerprint density at radius 3 is 2.59 bits per heavy atom. The first-order chi connectivity index (χ1) is 10.6. The van der Waals surface area contributed by atoms with E-state index in [1.807, 2.05) is 51.1 Å². The zero-order chi connectivity index (χ0) is 15.7. The van der Waals surface area contributed by atoms with E-state index in [-0.39, 0.29) is 0 Å². The maximum absolute atomic E-state index is 4.50. The molecule has 2 aromatic heterocycles. The van der Waals surface area contributed by atoms with Crippen LogP contribution in [-0.4, -0.2) is 30.9 Å². The van der Waals surface area contributed by atoms with E-state index in [0.29, 0.717) is 11.8 Å². The standard InChI is InChI=1S/C15H15BrN6/c1-10-8-11(2)21(20-10)15-19-18-12(3)22(15)17-9-13-6-4-5-7-14(13)16/h4-9H,1-3H3/b17-9+. The van der Waals surface area contributed by atoms with E-state index in [1.54, 1.807) is 15.6 Å². The molecule has 1 aromatic carbocycles. The number of benzene rings is 1.